The molecule has 0 fully saturated rings. The minimum absolute atomic E-state index is 0.0982. The van der Waals surface area contributed by atoms with E-state index in [0.717, 1.165) is 6.08 Å². The van der Waals surface area contributed by atoms with Crippen LogP contribution in [0.3, 0.4) is 0 Å². The van der Waals surface area contributed by atoms with Crippen molar-refractivity contribution >= 4 is 107 Å². The number of hydrogen-bond donors (Lipinski definition) is 15. The molecule has 0 aliphatic carbocycles. The molecule has 0 aliphatic heterocycles. The van der Waals surface area contributed by atoms with Gasteiger partial charge in [-0.15, -0.1) is 0 Å². The van der Waals surface area contributed by atoms with Crippen LogP contribution in [0.1, 0.15) is 122 Å². The first-order chi connectivity index (χ1) is 42.7. The first-order valence-electron chi connectivity index (χ1n) is 28.0. The Balaban J connectivity index is 5.60. The van der Waals surface area contributed by atoms with Crippen molar-refractivity contribution in [3.63, 3.8) is 0 Å². The zero-order chi connectivity index (χ0) is 69.3. The van der Waals surface area contributed by atoms with E-state index in [1.807, 2.05) is 0 Å². The first kappa shape index (κ1) is 80.8. The van der Waals surface area contributed by atoms with Crippen LogP contribution in [0.5, 0.6) is 0 Å². The van der Waals surface area contributed by atoms with Crippen LogP contribution in [0.25, 0.3) is 0 Å². The monoisotopic (exact) mass is 1300 g/mol. The number of carboxylic acid groups (broad SMARTS) is 6. The maximum absolute atomic E-state index is 13.1. The number of esters is 3. The molecule has 0 saturated heterocycles. The number of aliphatic carboxylic acids is 6. The highest BCUT2D eigenvalue weighted by Crippen LogP contribution is 2.11. The second-order valence-corrected chi connectivity index (χ2v) is 19.9. The highest BCUT2D eigenvalue weighted by Gasteiger charge is 2.32. The average molecular weight is 1300 g/mol. The minimum atomic E-state index is -1.81. The lowest BCUT2D eigenvalue weighted by Gasteiger charge is -2.20. The number of nitrogens with one attached hydrogen (secondary N) is 8. The van der Waals surface area contributed by atoms with E-state index in [2.05, 4.69) is 62.3 Å². The highest BCUT2D eigenvalue weighted by atomic mass is 16.5. The van der Waals surface area contributed by atoms with Crippen LogP contribution < -0.4 is 48.3 Å². The SMILES string of the molecule is C=CCOC(=O)C(CCC(C)=O)NC(=O)CCC(NC(=O)CCC(NC(=O)CCC(NC(=O)CCC(NC(=O)CCC(NC(=O)CCC(NC(=O)CCC(NC(=O)CCC(N)C(=O)O)C(=O)O)C(=O)OCC=C)C(=O)O)C(=O)O)C(=O)OCC=C)C(=O)O)C(=O)O. The molecule has 0 rings (SSSR count). The number of hydrogen-bond acceptors (Lipinski definition) is 22. The van der Waals surface area contributed by atoms with E-state index in [1.165, 1.54) is 19.1 Å². The van der Waals surface area contributed by atoms with E-state index in [-0.39, 0.29) is 44.9 Å². The summed E-state index contributed by atoms with van der Waals surface area (Å²) in [4.78, 5) is 223. The number of Topliss-reactive ketones (excluding diaryl/α,β-unsaturated/α-hetero) is 1. The molecule has 36 nitrogen and oxygen atoms in total. The van der Waals surface area contributed by atoms with Gasteiger partial charge in [-0.3, -0.25) is 43.2 Å². The maximum atomic E-state index is 13.1. The van der Waals surface area contributed by atoms with Crippen LogP contribution >= 0.6 is 0 Å². The summed E-state index contributed by atoms with van der Waals surface area (Å²) in [6.07, 6.45) is -6.02. The number of carboxylic acids is 6. The molecule has 91 heavy (non-hydrogen) atoms. The molecule has 0 aromatic rings. The quantitative estimate of drug-likeness (QED) is 0.0160. The van der Waals surface area contributed by atoms with E-state index in [4.69, 9.17) is 25.1 Å². The Morgan fingerprint density at radius 1 is 0.308 bits per heavy atom. The van der Waals surface area contributed by atoms with Gasteiger partial charge in [0.1, 0.15) is 80.0 Å². The summed E-state index contributed by atoms with van der Waals surface area (Å²) in [5.41, 5.74) is 5.35. The van der Waals surface area contributed by atoms with Crippen molar-refractivity contribution in [3.05, 3.63) is 38.0 Å². The Kier molecular flexibility index (Phi) is 39.4. The zero-order valence-electron chi connectivity index (χ0n) is 49.7. The van der Waals surface area contributed by atoms with Crippen LogP contribution in [0.2, 0.25) is 0 Å². The Bertz CT molecular complexity index is 2670. The number of ether oxygens (including phenoxy) is 3. The van der Waals surface area contributed by atoms with Crippen LogP contribution in [-0.2, 0) is 101 Å². The molecule has 16 N–H and O–H groups in total. The third-order valence-corrected chi connectivity index (χ3v) is 12.5. The van der Waals surface area contributed by atoms with Crippen LogP contribution in [0.4, 0.5) is 0 Å². The topological polar surface area (TPSA) is 579 Å². The normalized spacial score (nSPS) is 13.6. The summed E-state index contributed by atoms with van der Waals surface area (Å²) < 4.78 is 14.9. The van der Waals surface area contributed by atoms with Crippen LogP contribution in [-0.4, -0.2) is 212 Å². The fourth-order valence-electron chi connectivity index (χ4n) is 7.58. The van der Waals surface area contributed by atoms with Crippen molar-refractivity contribution in [2.24, 2.45) is 5.73 Å². The maximum Gasteiger partial charge on any atom is 0.328 e. The molecule has 0 heterocycles. The third-order valence-electron chi connectivity index (χ3n) is 12.5. The van der Waals surface area contributed by atoms with Gasteiger partial charge in [0.25, 0.3) is 0 Å². The lowest BCUT2D eigenvalue weighted by atomic mass is 10.1. The van der Waals surface area contributed by atoms with E-state index in [1.54, 1.807) is 0 Å². The van der Waals surface area contributed by atoms with Gasteiger partial charge in [-0.2, -0.15) is 0 Å². The number of nitrogens with two attached hydrogens (primary N) is 1. The number of carbonyl (C=O) groups is 18. The summed E-state index contributed by atoms with van der Waals surface area (Å²) in [5, 5.41) is 74.9. The molecule has 0 saturated carbocycles. The number of amides is 8. The molecule has 0 bridgehead atoms. The van der Waals surface area contributed by atoms with Gasteiger partial charge < -0.3 is 97.9 Å². The number of ketones is 1. The number of carbonyl (C=O) groups excluding carboxylic acids is 12. The van der Waals surface area contributed by atoms with Gasteiger partial charge >= 0.3 is 53.7 Å². The van der Waals surface area contributed by atoms with Crippen molar-refractivity contribution in [2.45, 2.75) is 177 Å². The highest BCUT2D eigenvalue weighted by molar-refractivity contribution is 5.91. The summed E-state index contributed by atoms with van der Waals surface area (Å²) in [6, 6.07) is -14.6. The van der Waals surface area contributed by atoms with E-state index >= 15 is 0 Å². The third kappa shape index (κ3) is 36.7. The largest absolute Gasteiger partial charge is 0.480 e. The molecule has 8 amide bonds. The lowest BCUT2D eigenvalue weighted by Crippen LogP contribution is -2.46. The minimum Gasteiger partial charge on any atom is -0.480 e. The molecule has 36 heteroatoms. The van der Waals surface area contributed by atoms with Crippen LogP contribution in [0.15, 0.2) is 38.0 Å². The molecule has 9 atom stereocenters. The molecule has 506 valence electrons. The summed E-state index contributed by atoms with van der Waals surface area (Å²) in [5.74, 6) is -20.7. The van der Waals surface area contributed by atoms with Crippen molar-refractivity contribution < 1.29 is 131 Å². The molecular weight excluding hydrogens is 1220 g/mol. The van der Waals surface area contributed by atoms with Crippen molar-refractivity contribution in [2.75, 3.05) is 19.8 Å². The van der Waals surface area contributed by atoms with Gasteiger partial charge in [0.2, 0.25) is 47.3 Å². The average Bonchev–Trinajstić information content (AvgIpc) is 3.57. The summed E-state index contributed by atoms with van der Waals surface area (Å²) in [6.45, 7) is 10.5. The van der Waals surface area contributed by atoms with Gasteiger partial charge in [-0.05, 0) is 64.7 Å². The van der Waals surface area contributed by atoms with Crippen molar-refractivity contribution in [1.29, 1.82) is 0 Å². The summed E-state index contributed by atoms with van der Waals surface area (Å²) >= 11 is 0. The Morgan fingerprint density at radius 2 is 0.484 bits per heavy atom. The lowest BCUT2D eigenvalue weighted by molar-refractivity contribution is -0.148. The van der Waals surface area contributed by atoms with Crippen molar-refractivity contribution in [1.82, 2.24) is 42.5 Å². The predicted octanol–water partition coefficient (Wildman–Crippen LogP) is -3.50. The van der Waals surface area contributed by atoms with E-state index in [0.29, 0.717) is 0 Å². The molecule has 0 spiro atoms. The van der Waals surface area contributed by atoms with Gasteiger partial charge in [0.05, 0.1) is 0 Å². The molecular formula is C55H79N9O27. The van der Waals surface area contributed by atoms with E-state index < -0.39 is 252 Å². The fourth-order valence-corrected chi connectivity index (χ4v) is 7.58. The zero-order valence-corrected chi connectivity index (χ0v) is 49.7. The van der Waals surface area contributed by atoms with Crippen molar-refractivity contribution in [3.8, 4) is 0 Å². The molecule has 0 radical (unpaired) electrons. The van der Waals surface area contributed by atoms with Gasteiger partial charge in [-0.25, -0.2) is 38.4 Å². The molecule has 0 aromatic heterocycles. The molecule has 9 unspecified atom stereocenters. The van der Waals surface area contributed by atoms with E-state index in [9.17, 15) is 112 Å². The van der Waals surface area contributed by atoms with Crippen LogP contribution in [0, 0.1) is 0 Å². The Hall–Kier alpha value is -10.2. The second-order valence-electron chi connectivity index (χ2n) is 19.9. The first-order valence-corrected chi connectivity index (χ1v) is 28.0. The summed E-state index contributed by atoms with van der Waals surface area (Å²) in [7, 11) is 0. The second kappa shape index (κ2) is 44.3. The van der Waals surface area contributed by atoms with Gasteiger partial charge in [-0.1, -0.05) is 38.0 Å². The molecule has 0 aromatic carbocycles. The Labute approximate surface area is 519 Å². The number of rotatable bonds is 50. The smallest absolute Gasteiger partial charge is 0.328 e. The Morgan fingerprint density at radius 3 is 0.659 bits per heavy atom. The van der Waals surface area contributed by atoms with Gasteiger partial charge in [0.15, 0.2) is 0 Å². The fraction of sp³-hybridized carbons (Fsp3) is 0.564. The van der Waals surface area contributed by atoms with Gasteiger partial charge in [0, 0.05) is 57.8 Å². The molecule has 0 aliphatic rings. The predicted molar refractivity (Wildman–Crippen MR) is 306 cm³/mol. The standard InChI is InChI=1S/C55H79N9O27/c1-5-26-89-53(86)36(10-8-29(4)65)62-44(71)21-14-34(51(82)83)58-40(67)19-11-32(49(78)79)60-43(70)25-17-38(55(88)91-28-7-3)64-46(73)23-15-35(52(84)85)59-41(68)20-12-33(50(80)81)61-42(69)24-16-37(54(87)90-27-6-2)63-45(72)22-13-31(48(76)77)57-39(66)18-9-30(56)47(74)75/h5-7,30-38H,1-3,8-28,56H2,4H3,(H,57,66)(H,58,67)(H,59,68)(H,60,70)(H,61,69)(H,62,71)(H,63,72)(H,64,73)(H,74,75)(H,76,77)(H,78,79)(H,80,81)(H,82,83)(H,84,85).